The summed E-state index contributed by atoms with van der Waals surface area (Å²) in [5.41, 5.74) is 3.76. The van der Waals surface area contributed by atoms with E-state index in [1.54, 1.807) is 18.3 Å². The molecule has 2 rings (SSSR count). The number of pyridine rings is 1. The van der Waals surface area contributed by atoms with Crippen LogP contribution in [-0.4, -0.2) is 4.98 Å². The van der Waals surface area contributed by atoms with Gasteiger partial charge in [-0.1, -0.05) is 12.1 Å². The standard InChI is InChI=1S/C13H9BrN2/c1-9-6-13(16-8-12(9)14)11-4-2-10(7-15)3-5-11/h2-6,8H,1H3. The Morgan fingerprint density at radius 1 is 1.25 bits per heavy atom. The first-order valence-electron chi connectivity index (χ1n) is 4.83. The molecule has 0 spiro atoms. The molecule has 0 fully saturated rings. The molecule has 0 radical (unpaired) electrons. The molecule has 0 saturated carbocycles. The van der Waals surface area contributed by atoms with Gasteiger partial charge >= 0.3 is 0 Å². The van der Waals surface area contributed by atoms with Gasteiger partial charge in [0.25, 0.3) is 0 Å². The minimum absolute atomic E-state index is 0.664. The number of aryl methyl sites for hydroxylation is 1. The van der Waals surface area contributed by atoms with Crippen molar-refractivity contribution in [3.8, 4) is 17.3 Å². The van der Waals surface area contributed by atoms with Gasteiger partial charge in [0.1, 0.15) is 0 Å². The maximum atomic E-state index is 8.71. The Labute approximate surface area is 103 Å². The van der Waals surface area contributed by atoms with Crippen LogP contribution in [0.2, 0.25) is 0 Å². The molecule has 0 unspecified atom stereocenters. The molecule has 1 aromatic heterocycles. The summed E-state index contributed by atoms with van der Waals surface area (Å²) < 4.78 is 1.00. The van der Waals surface area contributed by atoms with E-state index >= 15 is 0 Å². The first kappa shape index (κ1) is 10.8. The van der Waals surface area contributed by atoms with Crippen molar-refractivity contribution in [2.45, 2.75) is 6.92 Å². The maximum Gasteiger partial charge on any atom is 0.0991 e. The quantitative estimate of drug-likeness (QED) is 0.794. The SMILES string of the molecule is Cc1cc(-c2ccc(C#N)cc2)ncc1Br. The van der Waals surface area contributed by atoms with Crippen LogP contribution in [0.3, 0.4) is 0 Å². The minimum Gasteiger partial charge on any atom is -0.255 e. The number of hydrogen-bond acceptors (Lipinski definition) is 2. The Kier molecular flexibility index (Phi) is 3.02. The van der Waals surface area contributed by atoms with Gasteiger partial charge in [-0.3, -0.25) is 4.98 Å². The molecule has 0 saturated heterocycles. The largest absolute Gasteiger partial charge is 0.255 e. The summed E-state index contributed by atoms with van der Waals surface area (Å²) in [6.45, 7) is 2.03. The number of aromatic nitrogens is 1. The summed E-state index contributed by atoms with van der Waals surface area (Å²) in [5.74, 6) is 0. The first-order valence-corrected chi connectivity index (χ1v) is 5.62. The van der Waals surface area contributed by atoms with Crippen LogP contribution >= 0.6 is 15.9 Å². The lowest BCUT2D eigenvalue weighted by Gasteiger charge is -2.03. The van der Waals surface area contributed by atoms with Crippen molar-refractivity contribution in [2.24, 2.45) is 0 Å². The zero-order chi connectivity index (χ0) is 11.5. The lowest BCUT2D eigenvalue weighted by Crippen LogP contribution is -1.86. The van der Waals surface area contributed by atoms with Gasteiger partial charge in [0.05, 0.1) is 17.3 Å². The zero-order valence-corrected chi connectivity index (χ0v) is 10.3. The van der Waals surface area contributed by atoms with Gasteiger partial charge in [-0.2, -0.15) is 5.26 Å². The van der Waals surface area contributed by atoms with Gasteiger partial charge in [0.2, 0.25) is 0 Å². The maximum absolute atomic E-state index is 8.71. The van der Waals surface area contributed by atoms with E-state index in [4.69, 9.17) is 5.26 Å². The molecule has 0 amide bonds. The Bertz CT molecular complexity index is 553. The number of nitriles is 1. The number of nitrogens with zero attached hydrogens (tertiary/aromatic N) is 2. The van der Waals surface area contributed by atoms with Crippen LogP contribution in [0.4, 0.5) is 0 Å². The van der Waals surface area contributed by atoms with Gasteiger partial charge < -0.3 is 0 Å². The molecule has 0 aliphatic carbocycles. The van der Waals surface area contributed by atoms with Crippen LogP contribution in [0, 0.1) is 18.3 Å². The Morgan fingerprint density at radius 3 is 2.50 bits per heavy atom. The normalized spacial score (nSPS) is 9.81. The van der Waals surface area contributed by atoms with Gasteiger partial charge in [-0.15, -0.1) is 0 Å². The molecule has 0 N–H and O–H groups in total. The number of benzene rings is 1. The fourth-order valence-corrected chi connectivity index (χ4v) is 1.63. The Balaban J connectivity index is 2.43. The smallest absolute Gasteiger partial charge is 0.0991 e. The summed E-state index contributed by atoms with van der Waals surface area (Å²) in [5, 5.41) is 8.71. The van der Waals surface area contributed by atoms with E-state index in [1.807, 2.05) is 25.1 Å². The zero-order valence-electron chi connectivity index (χ0n) is 8.74. The third-order valence-electron chi connectivity index (χ3n) is 2.36. The van der Waals surface area contributed by atoms with E-state index in [0.717, 1.165) is 21.3 Å². The van der Waals surface area contributed by atoms with Crippen LogP contribution in [-0.2, 0) is 0 Å². The molecule has 0 atom stereocenters. The molecular formula is C13H9BrN2. The second-order valence-corrected chi connectivity index (χ2v) is 4.36. The van der Waals surface area contributed by atoms with E-state index in [9.17, 15) is 0 Å². The highest BCUT2D eigenvalue weighted by molar-refractivity contribution is 9.10. The van der Waals surface area contributed by atoms with Crippen molar-refractivity contribution < 1.29 is 0 Å². The second-order valence-electron chi connectivity index (χ2n) is 3.51. The Morgan fingerprint density at radius 2 is 1.94 bits per heavy atom. The van der Waals surface area contributed by atoms with Crippen LogP contribution in [0.1, 0.15) is 11.1 Å². The predicted molar refractivity (Wildman–Crippen MR) is 66.8 cm³/mol. The highest BCUT2D eigenvalue weighted by atomic mass is 79.9. The molecule has 78 valence electrons. The van der Waals surface area contributed by atoms with E-state index in [-0.39, 0.29) is 0 Å². The Hall–Kier alpha value is -1.66. The number of rotatable bonds is 1. The van der Waals surface area contributed by atoms with Crippen LogP contribution in [0.25, 0.3) is 11.3 Å². The molecular weight excluding hydrogens is 264 g/mol. The third kappa shape index (κ3) is 2.12. The molecule has 1 heterocycles. The van der Waals surface area contributed by atoms with Gasteiger partial charge in [0, 0.05) is 16.2 Å². The van der Waals surface area contributed by atoms with E-state index in [1.165, 1.54) is 0 Å². The minimum atomic E-state index is 0.664. The average molecular weight is 273 g/mol. The molecule has 0 aliphatic rings. The molecule has 2 nitrogen and oxygen atoms in total. The topological polar surface area (TPSA) is 36.7 Å². The van der Waals surface area contributed by atoms with Crippen molar-refractivity contribution in [2.75, 3.05) is 0 Å². The monoisotopic (exact) mass is 272 g/mol. The number of halogens is 1. The molecule has 2 aromatic rings. The van der Waals surface area contributed by atoms with Crippen molar-refractivity contribution >= 4 is 15.9 Å². The summed E-state index contributed by atoms with van der Waals surface area (Å²) in [4.78, 5) is 4.34. The number of hydrogen-bond donors (Lipinski definition) is 0. The highest BCUT2D eigenvalue weighted by Crippen LogP contribution is 2.22. The lowest BCUT2D eigenvalue weighted by molar-refractivity contribution is 1.26. The predicted octanol–water partition coefficient (Wildman–Crippen LogP) is 3.69. The lowest BCUT2D eigenvalue weighted by atomic mass is 10.1. The fraction of sp³-hybridized carbons (Fsp3) is 0.0769. The molecule has 0 aliphatic heterocycles. The van der Waals surface area contributed by atoms with Crippen LogP contribution in [0.15, 0.2) is 41.0 Å². The van der Waals surface area contributed by atoms with Crippen molar-refractivity contribution in [3.05, 3.63) is 52.1 Å². The fourth-order valence-electron chi connectivity index (χ4n) is 1.41. The van der Waals surface area contributed by atoms with E-state index in [2.05, 4.69) is 27.0 Å². The van der Waals surface area contributed by atoms with Crippen molar-refractivity contribution in [1.29, 1.82) is 5.26 Å². The highest BCUT2D eigenvalue weighted by Gasteiger charge is 2.02. The van der Waals surface area contributed by atoms with Gasteiger partial charge in [0.15, 0.2) is 0 Å². The summed E-state index contributed by atoms with van der Waals surface area (Å²) in [7, 11) is 0. The molecule has 0 bridgehead atoms. The molecule has 1 aromatic carbocycles. The van der Waals surface area contributed by atoms with Gasteiger partial charge in [-0.05, 0) is 46.6 Å². The molecule has 16 heavy (non-hydrogen) atoms. The van der Waals surface area contributed by atoms with Crippen molar-refractivity contribution in [1.82, 2.24) is 4.98 Å². The molecule has 3 heteroatoms. The second kappa shape index (κ2) is 4.46. The van der Waals surface area contributed by atoms with Gasteiger partial charge in [-0.25, -0.2) is 0 Å². The first-order chi connectivity index (χ1) is 7.70. The van der Waals surface area contributed by atoms with Crippen LogP contribution in [0.5, 0.6) is 0 Å². The van der Waals surface area contributed by atoms with E-state index in [0.29, 0.717) is 5.56 Å². The van der Waals surface area contributed by atoms with E-state index < -0.39 is 0 Å². The summed E-state index contributed by atoms with van der Waals surface area (Å²) in [6, 6.07) is 11.5. The van der Waals surface area contributed by atoms with Crippen molar-refractivity contribution in [3.63, 3.8) is 0 Å². The average Bonchev–Trinajstić information content (AvgIpc) is 2.33. The van der Waals surface area contributed by atoms with Crippen LogP contribution < -0.4 is 0 Å². The third-order valence-corrected chi connectivity index (χ3v) is 3.19. The summed E-state index contributed by atoms with van der Waals surface area (Å²) >= 11 is 3.42. The summed E-state index contributed by atoms with van der Waals surface area (Å²) in [6.07, 6.45) is 1.79.